The van der Waals surface area contributed by atoms with Gasteiger partial charge in [-0.15, -0.1) is 0 Å². The molecular weight excluding hydrogens is 354 g/mol. The van der Waals surface area contributed by atoms with Crippen molar-refractivity contribution >= 4 is 23.3 Å². The van der Waals surface area contributed by atoms with Crippen molar-refractivity contribution in [2.24, 2.45) is 0 Å². The van der Waals surface area contributed by atoms with Gasteiger partial charge in [0.1, 0.15) is 18.1 Å². The molecule has 140 valence electrons. The number of hydrogen-bond acceptors (Lipinski definition) is 4. The Kier molecular flexibility index (Phi) is 7.56. The summed E-state index contributed by atoms with van der Waals surface area (Å²) in [5, 5.41) is 6.06. The number of ether oxygens (including phenoxy) is 2. The van der Waals surface area contributed by atoms with Gasteiger partial charge in [-0.2, -0.15) is 0 Å². The van der Waals surface area contributed by atoms with E-state index in [9.17, 15) is 4.79 Å². The summed E-state index contributed by atoms with van der Waals surface area (Å²) in [6.45, 7) is 1.82. The molecule has 0 radical (unpaired) electrons. The molecule has 6 nitrogen and oxygen atoms in total. The molecule has 0 saturated heterocycles. The van der Waals surface area contributed by atoms with E-state index in [2.05, 4.69) is 15.5 Å². The minimum Gasteiger partial charge on any atom is -0.495 e. The van der Waals surface area contributed by atoms with Gasteiger partial charge < -0.3 is 25.0 Å². The minimum absolute atomic E-state index is 0.343. The van der Waals surface area contributed by atoms with Crippen molar-refractivity contribution in [2.75, 3.05) is 39.7 Å². The normalized spacial score (nSPS) is 10.5. The molecule has 0 aliphatic carbocycles. The number of halogens is 1. The molecule has 0 heterocycles. The lowest BCUT2D eigenvalue weighted by atomic mass is 10.2. The molecule has 2 N–H and O–H groups in total. The fourth-order valence-corrected chi connectivity index (χ4v) is 2.39. The molecule has 0 aromatic heterocycles. The van der Waals surface area contributed by atoms with Crippen molar-refractivity contribution in [1.82, 2.24) is 10.2 Å². The van der Waals surface area contributed by atoms with Crippen LogP contribution in [0.25, 0.3) is 0 Å². The Hall–Kier alpha value is -2.44. The van der Waals surface area contributed by atoms with Crippen LogP contribution < -0.4 is 20.1 Å². The maximum absolute atomic E-state index is 12.1. The van der Waals surface area contributed by atoms with Crippen LogP contribution in [-0.4, -0.2) is 45.3 Å². The molecule has 0 aliphatic rings. The summed E-state index contributed by atoms with van der Waals surface area (Å²) >= 11 is 5.96. The van der Waals surface area contributed by atoms with Gasteiger partial charge in [0.2, 0.25) is 0 Å². The number of benzene rings is 2. The number of likely N-dealkylation sites (N-methyl/N-ethyl adjacent to an activating group) is 1. The van der Waals surface area contributed by atoms with E-state index >= 15 is 0 Å². The number of nitrogens with one attached hydrogen (secondary N) is 2. The lowest BCUT2D eigenvalue weighted by molar-refractivity contribution is 0.251. The van der Waals surface area contributed by atoms with E-state index < -0.39 is 0 Å². The van der Waals surface area contributed by atoms with Crippen molar-refractivity contribution in [3.05, 3.63) is 53.1 Å². The molecule has 0 spiro atoms. The molecule has 0 fully saturated rings. The molecule has 2 rings (SSSR count). The number of amides is 2. The highest BCUT2D eigenvalue weighted by atomic mass is 35.5. The summed E-state index contributed by atoms with van der Waals surface area (Å²) in [5.41, 5.74) is 1.46. The van der Waals surface area contributed by atoms with Crippen molar-refractivity contribution < 1.29 is 14.3 Å². The second kappa shape index (κ2) is 9.89. The van der Waals surface area contributed by atoms with Gasteiger partial charge in [-0.25, -0.2) is 4.79 Å². The third-order valence-electron chi connectivity index (χ3n) is 3.57. The zero-order chi connectivity index (χ0) is 18.9. The largest absolute Gasteiger partial charge is 0.495 e. The highest BCUT2D eigenvalue weighted by Gasteiger charge is 2.08. The lowest BCUT2D eigenvalue weighted by Crippen LogP contribution is -2.28. The van der Waals surface area contributed by atoms with Crippen molar-refractivity contribution in [3.8, 4) is 11.5 Å². The van der Waals surface area contributed by atoms with Crippen LogP contribution >= 0.6 is 11.6 Å². The second-order valence-corrected chi connectivity index (χ2v) is 6.39. The first-order valence-electron chi connectivity index (χ1n) is 8.23. The number of methoxy groups -OCH3 is 1. The van der Waals surface area contributed by atoms with Gasteiger partial charge in [-0.1, -0.05) is 23.7 Å². The monoisotopic (exact) mass is 377 g/mol. The van der Waals surface area contributed by atoms with Crippen LogP contribution in [0.1, 0.15) is 5.56 Å². The summed E-state index contributed by atoms with van der Waals surface area (Å²) < 4.78 is 10.9. The maximum Gasteiger partial charge on any atom is 0.319 e. The summed E-state index contributed by atoms with van der Waals surface area (Å²) in [6, 6.07) is 12.3. The number of urea groups is 1. The summed E-state index contributed by atoms with van der Waals surface area (Å²) in [7, 11) is 5.53. The second-order valence-electron chi connectivity index (χ2n) is 5.95. The Balaban J connectivity index is 1.88. The zero-order valence-corrected chi connectivity index (χ0v) is 16.0. The van der Waals surface area contributed by atoms with Crippen LogP contribution in [0.3, 0.4) is 0 Å². The Bertz CT molecular complexity index is 738. The first-order chi connectivity index (χ1) is 12.5. The smallest absolute Gasteiger partial charge is 0.319 e. The lowest BCUT2D eigenvalue weighted by Gasteiger charge is -2.13. The molecule has 2 amide bonds. The first kappa shape index (κ1) is 19.9. The molecule has 2 aromatic rings. The van der Waals surface area contributed by atoms with Crippen LogP contribution in [0.2, 0.25) is 5.02 Å². The maximum atomic E-state index is 12.1. The first-order valence-corrected chi connectivity index (χ1v) is 8.60. The number of anilines is 1. The van der Waals surface area contributed by atoms with Gasteiger partial charge in [-0.3, -0.25) is 0 Å². The van der Waals surface area contributed by atoms with Gasteiger partial charge in [0, 0.05) is 18.1 Å². The average Bonchev–Trinajstić information content (AvgIpc) is 2.60. The average molecular weight is 378 g/mol. The fourth-order valence-electron chi connectivity index (χ4n) is 2.22. The third kappa shape index (κ3) is 6.46. The molecule has 7 heteroatoms. The van der Waals surface area contributed by atoms with Crippen LogP contribution in [0.4, 0.5) is 10.5 Å². The SMILES string of the molecule is COc1ccc(Cl)cc1NC(=O)NCc1cccc(OCCN(C)C)c1. The van der Waals surface area contributed by atoms with Crippen LogP contribution in [0.15, 0.2) is 42.5 Å². The van der Waals surface area contributed by atoms with E-state index in [4.69, 9.17) is 21.1 Å². The van der Waals surface area contributed by atoms with E-state index in [0.717, 1.165) is 17.9 Å². The molecule has 26 heavy (non-hydrogen) atoms. The van der Waals surface area contributed by atoms with Crippen LogP contribution in [0.5, 0.6) is 11.5 Å². The third-order valence-corrected chi connectivity index (χ3v) is 3.80. The number of hydrogen-bond donors (Lipinski definition) is 2. The molecule has 0 aliphatic heterocycles. The van der Waals surface area contributed by atoms with E-state index in [1.807, 2.05) is 38.4 Å². The van der Waals surface area contributed by atoms with Gasteiger partial charge in [0.15, 0.2) is 0 Å². The summed E-state index contributed by atoms with van der Waals surface area (Å²) in [5.74, 6) is 1.32. The van der Waals surface area contributed by atoms with E-state index in [1.54, 1.807) is 18.2 Å². The predicted octanol–water partition coefficient (Wildman–Crippen LogP) is 3.61. The van der Waals surface area contributed by atoms with Crippen molar-refractivity contribution in [1.29, 1.82) is 0 Å². The highest BCUT2D eigenvalue weighted by molar-refractivity contribution is 6.31. The minimum atomic E-state index is -0.343. The van der Waals surface area contributed by atoms with Gasteiger partial charge in [0.05, 0.1) is 12.8 Å². The molecular formula is C19H24ClN3O3. The van der Waals surface area contributed by atoms with Gasteiger partial charge in [0.25, 0.3) is 0 Å². The highest BCUT2D eigenvalue weighted by Crippen LogP contribution is 2.27. The van der Waals surface area contributed by atoms with E-state index in [1.165, 1.54) is 7.11 Å². The Labute approximate surface area is 159 Å². The van der Waals surface area contributed by atoms with E-state index in [-0.39, 0.29) is 6.03 Å². The fraction of sp³-hybridized carbons (Fsp3) is 0.316. The zero-order valence-electron chi connectivity index (χ0n) is 15.2. The standard InChI is InChI=1S/C19H24ClN3O3/c1-23(2)9-10-26-16-6-4-5-14(11-16)13-21-19(24)22-17-12-15(20)7-8-18(17)25-3/h4-8,11-12H,9-10,13H2,1-3H3,(H2,21,22,24). The Morgan fingerprint density at radius 3 is 2.73 bits per heavy atom. The summed E-state index contributed by atoms with van der Waals surface area (Å²) in [6.07, 6.45) is 0. The molecule has 0 bridgehead atoms. The van der Waals surface area contributed by atoms with Crippen LogP contribution in [-0.2, 0) is 6.54 Å². The Morgan fingerprint density at radius 1 is 1.19 bits per heavy atom. The van der Waals surface area contributed by atoms with Gasteiger partial charge in [-0.05, 0) is 50.0 Å². The molecule has 0 saturated carbocycles. The molecule has 0 unspecified atom stereocenters. The number of carbonyl (C=O) groups is 1. The van der Waals surface area contributed by atoms with E-state index in [0.29, 0.717) is 29.6 Å². The predicted molar refractivity (Wildman–Crippen MR) is 104 cm³/mol. The summed E-state index contributed by atoms with van der Waals surface area (Å²) in [4.78, 5) is 14.2. The van der Waals surface area contributed by atoms with Crippen molar-refractivity contribution in [3.63, 3.8) is 0 Å². The Morgan fingerprint density at radius 2 is 2.00 bits per heavy atom. The molecule has 0 atom stereocenters. The number of carbonyl (C=O) groups excluding carboxylic acids is 1. The number of rotatable bonds is 8. The number of nitrogens with zero attached hydrogens (tertiary/aromatic N) is 1. The van der Waals surface area contributed by atoms with Crippen LogP contribution in [0, 0.1) is 0 Å². The van der Waals surface area contributed by atoms with Gasteiger partial charge >= 0.3 is 6.03 Å². The molecule has 2 aromatic carbocycles. The topological polar surface area (TPSA) is 62.8 Å². The van der Waals surface area contributed by atoms with Crippen molar-refractivity contribution in [2.45, 2.75) is 6.54 Å². The quantitative estimate of drug-likeness (QED) is 0.737.